The van der Waals surface area contributed by atoms with Gasteiger partial charge in [-0.2, -0.15) is 0 Å². The normalized spacial score (nSPS) is 13.1. The molecule has 278 valence electrons. The van der Waals surface area contributed by atoms with Crippen LogP contribution < -0.4 is 0 Å². The first-order chi connectivity index (χ1) is 29.7. The Kier molecular flexibility index (Phi) is 6.87. The van der Waals surface area contributed by atoms with Crippen molar-refractivity contribution in [1.82, 2.24) is 19.9 Å². The molecule has 0 fully saturated rings. The topological polar surface area (TPSA) is 64.7 Å². The van der Waals surface area contributed by atoms with Crippen LogP contribution in [0.25, 0.3) is 101 Å². The molecular formula is C55H32N4O. The van der Waals surface area contributed by atoms with Gasteiger partial charge in [0.25, 0.3) is 0 Å². The summed E-state index contributed by atoms with van der Waals surface area (Å²) in [5, 5.41) is 4.23. The minimum Gasteiger partial charge on any atom is -0.435 e. The zero-order valence-electron chi connectivity index (χ0n) is 32.2. The maximum atomic E-state index is 6.57. The predicted octanol–water partition coefficient (Wildman–Crippen LogP) is 13.3. The summed E-state index contributed by atoms with van der Waals surface area (Å²) in [5.41, 5.74) is 15.0. The van der Waals surface area contributed by atoms with E-state index in [2.05, 4.69) is 140 Å². The fourth-order valence-corrected chi connectivity index (χ4v) is 9.95. The molecule has 60 heavy (non-hydrogen) atoms. The fraction of sp³-hybridized carbons (Fsp3) is 0.0182. The monoisotopic (exact) mass is 764 g/mol. The Labute approximate surface area is 345 Å². The van der Waals surface area contributed by atoms with Gasteiger partial charge in [-0.25, -0.2) is 19.9 Å². The predicted molar refractivity (Wildman–Crippen MR) is 240 cm³/mol. The molecule has 9 aromatic carbocycles. The zero-order chi connectivity index (χ0) is 39.4. The molecule has 0 aliphatic heterocycles. The molecule has 2 aliphatic carbocycles. The maximum Gasteiger partial charge on any atom is 0.227 e. The van der Waals surface area contributed by atoms with Crippen LogP contribution in [0.4, 0.5) is 0 Å². The number of benzene rings is 9. The van der Waals surface area contributed by atoms with Crippen molar-refractivity contribution in [3.05, 3.63) is 216 Å². The quantitative estimate of drug-likeness (QED) is 0.167. The van der Waals surface area contributed by atoms with E-state index in [0.717, 1.165) is 54.9 Å². The molecule has 5 heteroatoms. The van der Waals surface area contributed by atoms with Gasteiger partial charge in [0.05, 0.1) is 5.41 Å². The first kappa shape index (κ1) is 33.0. The zero-order valence-corrected chi connectivity index (χ0v) is 32.2. The first-order valence-electron chi connectivity index (χ1n) is 20.3. The summed E-state index contributed by atoms with van der Waals surface area (Å²) in [5.74, 6) is 2.44. The standard InChI is InChI=1S/C55H32N4O/c1-3-13-35(14-4-1)51-57-52(37-26-24-33-23-25-34-28-30-48-50(49(34)43(33)31-37)60-54(56-48)36-15-5-2-6-16-36)59-53(58-51)38-27-29-42-41-19-9-12-22-46(41)55(47(42)32-38)44-20-10-7-17-39(44)40-18-8-11-21-45(40)55/h1-32H. The molecule has 2 heterocycles. The summed E-state index contributed by atoms with van der Waals surface area (Å²) in [7, 11) is 0. The van der Waals surface area contributed by atoms with E-state index in [1.54, 1.807) is 0 Å². The average Bonchev–Trinajstić information content (AvgIpc) is 3.99. The third kappa shape index (κ3) is 4.63. The molecule has 13 rings (SSSR count). The van der Waals surface area contributed by atoms with Crippen molar-refractivity contribution in [2.45, 2.75) is 5.41 Å². The number of fused-ring (bicyclic) bond motifs is 15. The van der Waals surface area contributed by atoms with Gasteiger partial charge >= 0.3 is 0 Å². The Balaban J connectivity index is 1.03. The third-order valence-corrected chi connectivity index (χ3v) is 12.6. The first-order valence-corrected chi connectivity index (χ1v) is 20.3. The van der Waals surface area contributed by atoms with E-state index in [-0.39, 0.29) is 0 Å². The van der Waals surface area contributed by atoms with E-state index < -0.39 is 5.41 Å². The summed E-state index contributed by atoms with van der Waals surface area (Å²) < 4.78 is 6.57. The highest BCUT2D eigenvalue weighted by atomic mass is 16.3. The molecule has 2 aromatic heterocycles. The Morgan fingerprint density at radius 2 is 0.833 bits per heavy atom. The summed E-state index contributed by atoms with van der Waals surface area (Å²) in [6, 6.07) is 68.6. The lowest BCUT2D eigenvalue weighted by Crippen LogP contribution is -2.25. The van der Waals surface area contributed by atoms with Gasteiger partial charge in [-0.3, -0.25) is 0 Å². The van der Waals surface area contributed by atoms with Crippen LogP contribution in [0, 0.1) is 0 Å². The Morgan fingerprint density at radius 1 is 0.350 bits per heavy atom. The lowest BCUT2D eigenvalue weighted by Gasteiger charge is -2.30. The van der Waals surface area contributed by atoms with Crippen LogP contribution in [0.15, 0.2) is 199 Å². The Morgan fingerprint density at radius 3 is 1.48 bits per heavy atom. The van der Waals surface area contributed by atoms with Crippen molar-refractivity contribution >= 4 is 32.6 Å². The molecule has 0 atom stereocenters. The van der Waals surface area contributed by atoms with Crippen molar-refractivity contribution in [3.63, 3.8) is 0 Å². The fourth-order valence-electron chi connectivity index (χ4n) is 9.95. The molecule has 11 aromatic rings. The van der Waals surface area contributed by atoms with Gasteiger partial charge in [0.2, 0.25) is 5.89 Å². The number of hydrogen-bond donors (Lipinski definition) is 0. The van der Waals surface area contributed by atoms with Crippen LogP contribution in [0.5, 0.6) is 0 Å². The number of oxazole rings is 1. The SMILES string of the molecule is c1ccc(-c2nc(-c3ccc4c(c3)C3(c5ccccc5-c5ccccc53)c3ccccc3-4)nc(-c3ccc4ccc5ccc6nc(-c7ccccc7)oc6c5c4c3)n2)cc1. The number of hydrogen-bond acceptors (Lipinski definition) is 5. The van der Waals surface area contributed by atoms with Crippen LogP contribution >= 0.6 is 0 Å². The van der Waals surface area contributed by atoms with Crippen molar-refractivity contribution in [2.24, 2.45) is 0 Å². The van der Waals surface area contributed by atoms with Crippen LogP contribution in [0.3, 0.4) is 0 Å². The lowest BCUT2D eigenvalue weighted by atomic mass is 9.70. The minimum absolute atomic E-state index is 0.473. The number of rotatable bonds is 4. The largest absolute Gasteiger partial charge is 0.435 e. The van der Waals surface area contributed by atoms with Gasteiger partial charge < -0.3 is 4.42 Å². The second-order valence-corrected chi connectivity index (χ2v) is 15.7. The van der Waals surface area contributed by atoms with Gasteiger partial charge in [0.1, 0.15) is 5.52 Å². The highest BCUT2D eigenvalue weighted by Crippen LogP contribution is 2.63. The van der Waals surface area contributed by atoms with E-state index in [1.165, 1.54) is 44.5 Å². The van der Waals surface area contributed by atoms with Crippen molar-refractivity contribution in [1.29, 1.82) is 0 Å². The van der Waals surface area contributed by atoms with Crippen LogP contribution in [0.1, 0.15) is 22.3 Å². The van der Waals surface area contributed by atoms with E-state index in [0.29, 0.717) is 23.4 Å². The average molecular weight is 765 g/mol. The van der Waals surface area contributed by atoms with E-state index in [1.807, 2.05) is 54.6 Å². The van der Waals surface area contributed by atoms with Crippen LogP contribution in [-0.2, 0) is 5.41 Å². The van der Waals surface area contributed by atoms with Crippen LogP contribution in [-0.4, -0.2) is 19.9 Å². The summed E-state index contributed by atoms with van der Waals surface area (Å²) in [4.78, 5) is 20.6. The van der Waals surface area contributed by atoms with Crippen molar-refractivity contribution in [2.75, 3.05) is 0 Å². The second kappa shape index (κ2) is 12.5. The molecule has 2 aliphatic rings. The summed E-state index contributed by atoms with van der Waals surface area (Å²) >= 11 is 0. The van der Waals surface area contributed by atoms with E-state index in [4.69, 9.17) is 24.4 Å². The van der Waals surface area contributed by atoms with Crippen LogP contribution in [0.2, 0.25) is 0 Å². The molecule has 5 nitrogen and oxygen atoms in total. The highest BCUT2D eigenvalue weighted by molar-refractivity contribution is 6.18. The molecule has 0 bridgehead atoms. The third-order valence-electron chi connectivity index (χ3n) is 12.6. The van der Waals surface area contributed by atoms with E-state index >= 15 is 0 Å². The van der Waals surface area contributed by atoms with Gasteiger partial charge in [-0.05, 0) is 91.0 Å². The highest BCUT2D eigenvalue weighted by Gasteiger charge is 2.51. The number of aromatic nitrogens is 4. The second-order valence-electron chi connectivity index (χ2n) is 15.7. The van der Waals surface area contributed by atoms with Gasteiger partial charge in [0.15, 0.2) is 23.1 Å². The smallest absolute Gasteiger partial charge is 0.227 e. The Hall–Kier alpha value is -8.02. The lowest BCUT2D eigenvalue weighted by molar-refractivity contribution is 0.623. The molecule has 0 saturated heterocycles. The van der Waals surface area contributed by atoms with Crippen molar-refractivity contribution < 1.29 is 4.42 Å². The summed E-state index contributed by atoms with van der Waals surface area (Å²) in [6.07, 6.45) is 0. The van der Waals surface area contributed by atoms with Gasteiger partial charge in [-0.1, -0.05) is 164 Å². The van der Waals surface area contributed by atoms with Gasteiger partial charge in [-0.15, -0.1) is 0 Å². The van der Waals surface area contributed by atoms with Gasteiger partial charge in [0, 0.05) is 27.6 Å². The summed E-state index contributed by atoms with van der Waals surface area (Å²) in [6.45, 7) is 0. The molecule has 1 spiro atoms. The van der Waals surface area contributed by atoms with Crippen molar-refractivity contribution in [3.8, 4) is 67.9 Å². The molecular weight excluding hydrogens is 733 g/mol. The maximum absolute atomic E-state index is 6.57. The molecule has 0 radical (unpaired) electrons. The molecule has 0 amide bonds. The minimum atomic E-state index is -0.473. The number of nitrogens with zero attached hydrogens (tertiary/aromatic N) is 4. The Bertz CT molecular complexity index is 3490. The molecule has 0 unspecified atom stereocenters. The molecule has 0 saturated carbocycles. The molecule has 0 N–H and O–H groups in total. The van der Waals surface area contributed by atoms with E-state index in [9.17, 15) is 0 Å².